The minimum Gasteiger partial charge on any atom is -0.497 e. The van der Waals surface area contributed by atoms with Gasteiger partial charge in [-0.25, -0.2) is 0 Å². The van der Waals surface area contributed by atoms with Gasteiger partial charge in [0.2, 0.25) is 5.91 Å². The molecule has 0 saturated heterocycles. The third-order valence-corrected chi connectivity index (χ3v) is 4.50. The number of hydrogen-bond acceptors (Lipinski definition) is 5. The molecule has 3 N–H and O–H groups in total. The van der Waals surface area contributed by atoms with Crippen LogP contribution < -0.4 is 25.4 Å². The molecule has 0 unspecified atom stereocenters. The summed E-state index contributed by atoms with van der Waals surface area (Å²) in [6.45, 7) is 4.09. The Kier molecular flexibility index (Phi) is 10.2. The Morgan fingerprint density at radius 3 is 2.42 bits per heavy atom. The molecule has 0 atom stereocenters. The lowest BCUT2D eigenvalue weighted by Gasteiger charge is -2.15. The number of nitrogens with one attached hydrogen (secondary N) is 3. The Balaban J connectivity index is 1.79. The van der Waals surface area contributed by atoms with Crippen LogP contribution in [0.25, 0.3) is 0 Å². The summed E-state index contributed by atoms with van der Waals surface area (Å²) in [7, 11) is 4.93. The fourth-order valence-electron chi connectivity index (χ4n) is 2.75. The predicted molar refractivity (Wildman–Crippen MR) is 122 cm³/mol. The first kappa shape index (κ1) is 24.0. The maximum atomic E-state index is 12.2. The van der Waals surface area contributed by atoms with E-state index in [1.54, 1.807) is 21.3 Å². The molecule has 2 rings (SSSR count). The zero-order chi connectivity index (χ0) is 22.5. The summed E-state index contributed by atoms with van der Waals surface area (Å²) in [5.74, 6) is 1.99. The molecule has 2 aromatic rings. The number of benzene rings is 2. The summed E-state index contributed by atoms with van der Waals surface area (Å²) in [6.07, 6.45) is 0. The van der Waals surface area contributed by atoms with Gasteiger partial charge in [0.1, 0.15) is 18.1 Å². The van der Waals surface area contributed by atoms with E-state index in [0.29, 0.717) is 32.3 Å². The molecule has 0 saturated carbocycles. The summed E-state index contributed by atoms with van der Waals surface area (Å²) in [6, 6.07) is 13.6. The summed E-state index contributed by atoms with van der Waals surface area (Å²) in [4.78, 5) is 16.3. The third-order valence-electron chi connectivity index (χ3n) is 4.50. The highest BCUT2D eigenvalue weighted by molar-refractivity contribution is 5.86. The average molecular weight is 429 g/mol. The highest BCUT2D eigenvalue weighted by Crippen LogP contribution is 2.20. The summed E-state index contributed by atoms with van der Waals surface area (Å²) in [5, 5.41) is 9.11. The van der Waals surface area contributed by atoms with Crippen molar-refractivity contribution in [2.24, 2.45) is 4.99 Å². The second-order valence-electron chi connectivity index (χ2n) is 6.86. The van der Waals surface area contributed by atoms with Crippen molar-refractivity contribution in [2.45, 2.75) is 20.0 Å². The molecule has 0 radical (unpaired) electrons. The van der Waals surface area contributed by atoms with Gasteiger partial charge in [0.05, 0.1) is 20.3 Å². The fraction of sp³-hybridized carbons (Fsp3) is 0.391. The molecule has 0 heterocycles. The quantitative estimate of drug-likeness (QED) is 0.288. The smallest absolute Gasteiger partial charge is 0.239 e. The van der Waals surface area contributed by atoms with Gasteiger partial charge in [-0.2, -0.15) is 0 Å². The van der Waals surface area contributed by atoms with E-state index >= 15 is 0 Å². The van der Waals surface area contributed by atoms with E-state index in [2.05, 4.69) is 20.9 Å². The molecule has 0 bridgehead atoms. The van der Waals surface area contributed by atoms with Gasteiger partial charge in [-0.05, 0) is 36.2 Å². The number of ether oxygens (including phenoxy) is 3. The molecule has 8 nitrogen and oxygen atoms in total. The van der Waals surface area contributed by atoms with Crippen LogP contribution in [-0.4, -0.2) is 52.9 Å². The topological polar surface area (TPSA) is 93.2 Å². The number of amides is 1. The lowest BCUT2D eigenvalue weighted by atomic mass is 10.1. The Bertz CT molecular complexity index is 853. The molecular formula is C23H32N4O4. The molecule has 0 aliphatic rings. The SMILES string of the molecule is CN=C(NCC(=O)NCc1ccc(OC)cc1)NCc1ccc(C)cc1OCCOC. The molecule has 0 aromatic heterocycles. The molecule has 0 spiro atoms. The van der Waals surface area contributed by atoms with Crippen LogP contribution in [0.1, 0.15) is 16.7 Å². The summed E-state index contributed by atoms with van der Waals surface area (Å²) in [5.41, 5.74) is 3.11. The molecular weight excluding hydrogens is 396 g/mol. The normalized spacial score (nSPS) is 11.0. The number of methoxy groups -OCH3 is 2. The standard InChI is InChI=1S/C23H32N4O4/c1-17-5-8-19(21(13-17)31-12-11-29-3)15-26-23(24-2)27-16-22(28)25-14-18-6-9-20(30-4)10-7-18/h5-10,13H,11-12,14-16H2,1-4H3,(H,25,28)(H2,24,26,27). The van der Waals surface area contributed by atoms with Crippen molar-refractivity contribution in [1.82, 2.24) is 16.0 Å². The van der Waals surface area contributed by atoms with E-state index in [0.717, 1.165) is 28.2 Å². The maximum absolute atomic E-state index is 12.2. The molecule has 0 aliphatic carbocycles. The number of rotatable bonds is 11. The van der Waals surface area contributed by atoms with E-state index in [4.69, 9.17) is 14.2 Å². The van der Waals surface area contributed by atoms with Crippen molar-refractivity contribution in [3.8, 4) is 11.5 Å². The van der Waals surface area contributed by atoms with Crippen LogP contribution in [0.5, 0.6) is 11.5 Å². The van der Waals surface area contributed by atoms with Gasteiger partial charge in [-0.1, -0.05) is 24.3 Å². The first-order valence-corrected chi connectivity index (χ1v) is 10.1. The molecule has 2 aromatic carbocycles. The van der Waals surface area contributed by atoms with E-state index in [-0.39, 0.29) is 12.5 Å². The van der Waals surface area contributed by atoms with Crippen LogP contribution in [0.3, 0.4) is 0 Å². The van der Waals surface area contributed by atoms with E-state index in [1.807, 2.05) is 49.4 Å². The summed E-state index contributed by atoms with van der Waals surface area (Å²) >= 11 is 0. The fourth-order valence-corrected chi connectivity index (χ4v) is 2.75. The minimum atomic E-state index is -0.127. The Hall–Kier alpha value is -3.26. The number of aliphatic imine (C=N–C) groups is 1. The van der Waals surface area contributed by atoms with Gasteiger partial charge in [0, 0.05) is 32.8 Å². The Morgan fingerprint density at radius 2 is 1.74 bits per heavy atom. The van der Waals surface area contributed by atoms with Gasteiger partial charge in [-0.3, -0.25) is 9.79 Å². The first-order chi connectivity index (χ1) is 15.0. The lowest BCUT2D eigenvalue weighted by molar-refractivity contribution is -0.120. The van der Waals surface area contributed by atoms with Gasteiger partial charge in [-0.15, -0.1) is 0 Å². The molecule has 0 fully saturated rings. The number of carbonyl (C=O) groups excluding carboxylic acids is 1. The average Bonchev–Trinajstić information content (AvgIpc) is 2.79. The number of hydrogen-bond donors (Lipinski definition) is 3. The number of carbonyl (C=O) groups is 1. The number of aryl methyl sites for hydroxylation is 1. The molecule has 1 amide bonds. The second kappa shape index (κ2) is 13.1. The zero-order valence-corrected chi connectivity index (χ0v) is 18.7. The van der Waals surface area contributed by atoms with Gasteiger partial charge in [0.15, 0.2) is 5.96 Å². The monoisotopic (exact) mass is 428 g/mol. The molecule has 31 heavy (non-hydrogen) atoms. The maximum Gasteiger partial charge on any atom is 0.239 e. The minimum absolute atomic E-state index is 0.112. The lowest BCUT2D eigenvalue weighted by Crippen LogP contribution is -2.42. The Morgan fingerprint density at radius 1 is 0.968 bits per heavy atom. The van der Waals surface area contributed by atoms with Crippen LogP contribution in [0, 0.1) is 6.92 Å². The molecule has 0 aliphatic heterocycles. The van der Waals surface area contributed by atoms with Crippen LogP contribution in [-0.2, 0) is 22.6 Å². The number of nitrogens with zero attached hydrogens (tertiary/aromatic N) is 1. The van der Waals surface area contributed by atoms with Gasteiger partial charge in [0.25, 0.3) is 0 Å². The third kappa shape index (κ3) is 8.55. The zero-order valence-electron chi connectivity index (χ0n) is 18.7. The first-order valence-electron chi connectivity index (χ1n) is 10.1. The van der Waals surface area contributed by atoms with E-state index in [1.165, 1.54) is 0 Å². The highest BCUT2D eigenvalue weighted by atomic mass is 16.5. The second-order valence-corrected chi connectivity index (χ2v) is 6.86. The van der Waals surface area contributed by atoms with Gasteiger partial charge < -0.3 is 30.2 Å². The largest absolute Gasteiger partial charge is 0.497 e. The van der Waals surface area contributed by atoms with Crippen molar-refractivity contribution >= 4 is 11.9 Å². The van der Waals surface area contributed by atoms with Gasteiger partial charge >= 0.3 is 0 Å². The van der Waals surface area contributed by atoms with Crippen LogP contribution in [0.2, 0.25) is 0 Å². The van der Waals surface area contributed by atoms with Crippen molar-refractivity contribution in [2.75, 3.05) is 41.0 Å². The Labute approximate surface area is 184 Å². The van der Waals surface area contributed by atoms with E-state index < -0.39 is 0 Å². The summed E-state index contributed by atoms with van der Waals surface area (Å²) < 4.78 is 16.0. The molecule has 8 heteroatoms. The van der Waals surface area contributed by atoms with Crippen molar-refractivity contribution in [1.29, 1.82) is 0 Å². The van der Waals surface area contributed by atoms with Crippen LogP contribution in [0.15, 0.2) is 47.5 Å². The van der Waals surface area contributed by atoms with Crippen molar-refractivity contribution in [3.63, 3.8) is 0 Å². The van der Waals surface area contributed by atoms with Crippen LogP contribution in [0.4, 0.5) is 0 Å². The van der Waals surface area contributed by atoms with E-state index in [9.17, 15) is 4.79 Å². The van der Waals surface area contributed by atoms with Crippen molar-refractivity contribution < 1.29 is 19.0 Å². The number of guanidine groups is 1. The van der Waals surface area contributed by atoms with Crippen molar-refractivity contribution in [3.05, 3.63) is 59.2 Å². The van der Waals surface area contributed by atoms with Crippen LogP contribution >= 0.6 is 0 Å². The predicted octanol–water partition coefficient (Wildman–Crippen LogP) is 2.01. The highest BCUT2D eigenvalue weighted by Gasteiger charge is 2.08. The molecule has 168 valence electrons.